The minimum Gasteiger partial charge on any atom is -0.465 e. The Kier molecular flexibility index (Phi) is 2.90. The normalized spacial score (nSPS) is 16.3. The Bertz CT molecular complexity index is 545. The highest BCUT2D eigenvalue weighted by Crippen LogP contribution is 2.33. The first-order chi connectivity index (χ1) is 8.04. The molecule has 0 N–H and O–H groups in total. The van der Waals surface area contributed by atoms with E-state index in [0.29, 0.717) is 11.3 Å². The number of ketones is 1. The summed E-state index contributed by atoms with van der Waals surface area (Å²) in [6.45, 7) is 1.86. The van der Waals surface area contributed by atoms with Gasteiger partial charge in [-0.3, -0.25) is 4.79 Å². The summed E-state index contributed by atoms with van der Waals surface area (Å²) < 4.78 is 9.69. The Balaban J connectivity index is 2.48. The van der Waals surface area contributed by atoms with E-state index < -0.39 is 11.8 Å². The molecule has 0 amide bonds. The summed E-state index contributed by atoms with van der Waals surface area (Å²) in [5.74, 6) is -0.976. The summed E-state index contributed by atoms with van der Waals surface area (Å²) in [5.41, 5.74) is 1.33. The van der Waals surface area contributed by atoms with Crippen molar-refractivity contribution in [2.24, 2.45) is 0 Å². The summed E-state index contributed by atoms with van der Waals surface area (Å²) in [5, 5.41) is -0.341. The van der Waals surface area contributed by atoms with Gasteiger partial charge < -0.3 is 9.47 Å². The number of methoxy groups -OCH3 is 1. The minimum absolute atomic E-state index is 0.181. The molecule has 17 heavy (non-hydrogen) atoms. The van der Waals surface area contributed by atoms with Crippen LogP contribution in [-0.2, 0) is 9.53 Å². The van der Waals surface area contributed by atoms with Gasteiger partial charge in [0.25, 0.3) is 0 Å². The van der Waals surface area contributed by atoms with Crippen molar-refractivity contribution in [2.75, 3.05) is 7.11 Å². The lowest BCUT2D eigenvalue weighted by Crippen LogP contribution is -2.09. The first kappa shape index (κ1) is 11.7. The summed E-state index contributed by atoms with van der Waals surface area (Å²) in [6, 6.07) is 5.16. The largest absolute Gasteiger partial charge is 0.465 e. The highest BCUT2D eigenvalue weighted by Gasteiger charge is 2.32. The highest BCUT2D eigenvalue weighted by molar-refractivity contribution is 6.44. The number of carbonyl (C=O) groups excluding carboxylic acids is 2. The van der Waals surface area contributed by atoms with Gasteiger partial charge in [-0.05, 0) is 19.1 Å². The molecule has 0 aliphatic carbocycles. The number of aryl methyl sites for hydroxylation is 1. The summed E-state index contributed by atoms with van der Waals surface area (Å²) in [4.78, 5) is 23.2. The quantitative estimate of drug-likeness (QED) is 0.568. The average molecular weight is 253 g/mol. The third-order valence-electron chi connectivity index (χ3n) is 2.36. The first-order valence-electron chi connectivity index (χ1n) is 4.86. The lowest BCUT2D eigenvalue weighted by molar-refractivity contribution is -0.135. The van der Waals surface area contributed by atoms with Crippen LogP contribution in [0.3, 0.4) is 0 Å². The SMILES string of the molecule is COC(=O)/C(Cl)=C1\Oc2ccc(C)cc2C1=O. The molecule has 0 unspecified atom stereocenters. The molecule has 2 rings (SSSR count). The minimum atomic E-state index is -0.792. The molecule has 5 heteroatoms. The summed E-state index contributed by atoms with van der Waals surface area (Å²) in [6.07, 6.45) is 0. The van der Waals surface area contributed by atoms with Gasteiger partial charge in [-0.1, -0.05) is 23.2 Å². The van der Waals surface area contributed by atoms with E-state index in [2.05, 4.69) is 4.74 Å². The molecule has 1 aromatic rings. The molecule has 0 aromatic heterocycles. The molecule has 0 saturated carbocycles. The molecule has 0 bridgehead atoms. The van der Waals surface area contributed by atoms with E-state index in [1.165, 1.54) is 7.11 Å². The molecule has 1 heterocycles. The molecule has 0 fully saturated rings. The molecule has 0 spiro atoms. The standard InChI is InChI=1S/C12H9ClO4/c1-6-3-4-8-7(5-6)10(14)11(17-8)9(13)12(15)16-2/h3-5H,1-2H3/b11-9+. The average Bonchev–Trinajstić information content (AvgIpc) is 2.65. The number of carbonyl (C=O) groups is 2. The van der Waals surface area contributed by atoms with E-state index in [-0.39, 0.29) is 10.8 Å². The number of halogens is 1. The number of rotatable bonds is 1. The maximum Gasteiger partial charge on any atom is 0.353 e. The van der Waals surface area contributed by atoms with Crippen LogP contribution in [0.4, 0.5) is 0 Å². The second kappa shape index (κ2) is 4.22. The molecule has 1 aliphatic heterocycles. The predicted octanol–water partition coefficient (Wildman–Crippen LogP) is 2.19. The first-order valence-corrected chi connectivity index (χ1v) is 5.23. The van der Waals surface area contributed by atoms with E-state index in [0.717, 1.165) is 5.56 Å². The molecule has 0 radical (unpaired) electrons. The van der Waals surface area contributed by atoms with Gasteiger partial charge in [0.15, 0.2) is 5.03 Å². The molecule has 88 valence electrons. The van der Waals surface area contributed by atoms with Crippen molar-refractivity contribution in [3.63, 3.8) is 0 Å². The fourth-order valence-electron chi connectivity index (χ4n) is 1.52. The van der Waals surface area contributed by atoms with Crippen molar-refractivity contribution in [1.82, 2.24) is 0 Å². The van der Waals surface area contributed by atoms with Gasteiger partial charge >= 0.3 is 5.97 Å². The van der Waals surface area contributed by atoms with Gasteiger partial charge in [-0.2, -0.15) is 0 Å². The van der Waals surface area contributed by atoms with Crippen LogP contribution in [0.5, 0.6) is 5.75 Å². The van der Waals surface area contributed by atoms with Crippen LogP contribution in [0.25, 0.3) is 0 Å². The number of esters is 1. The lowest BCUT2D eigenvalue weighted by Gasteiger charge is -2.00. The monoisotopic (exact) mass is 252 g/mol. The van der Waals surface area contributed by atoms with Crippen molar-refractivity contribution in [3.8, 4) is 5.75 Å². The number of Topliss-reactive ketones (excluding diaryl/α,β-unsaturated/α-hetero) is 1. The fraction of sp³-hybridized carbons (Fsp3) is 0.167. The van der Waals surface area contributed by atoms with Crippen molar-refractivity contribution < 1.29 is 19.1 Å². The molecular formula is C12H9ClO4. The van der Waals surface area contributed by atoms with E-state index in [1.807, 2.05) is 6.92 Å². The van der Waals surface area contributed by atoms with E-state index in [9.17, 15) is 9.59 Å². The topological polar surface area (TPSA) is 52.6 Å². The van der Waals surface area contributed by atoms with E-state index in [4.69, 9.17) is 16.3 Å². The van der Waals surface area contributed by atoms with Crippen molar-refractivity contribution in [2.45, 2.75) is 6.92 Å². The van der Waals surface area contributed by atoms with Gasteiger partial charge in [0, 0.05) is 0 Å². The Labute approximate surface area is 103 Å². The van der Waals surface area contributed by atoms with E-state index in [1.54, 1.807) is 18.2 Å². The summed E-state index contributed by atoms with van der Waals surface area (Å²) in [7, 11) is 1.18. The molecule has 1 aliphatic rings. The molecule has 0 atom stereocenters. The Morgan fingerprint density at radius 2 is 2.12 bits per heavy atom. The predicted molar refractivity (Wildman–Crippen MR) is 61.0 cm³/mol. The number of ether oxygens (including phenoxy) is 2. The zero-order chi connectivity index (χ0) is 12.6. The number of benzene rings is 1. The van der Waals surface area contributed by atoms with Gasteiger partial charge in [0.2, 0.25) is 11.5 Å². The lowest BCUT2D eigenvalue weighted by atomic mass is 10.1. The number of hydrogen-bond acceptors (Lipinski definition) is 4. The Hall–Kier alpha value is -1.81. The second-order valence-corrected chi connectivity index (χ2v) is 3.94. The molecular weight excluding hydrogens is 244 g/mol. The number of allylic oxidation sites excluding steroid dienone is 1. The van der Waals surface area contributed by atoms with Crippen molar-refractivity contribution >= 4 is 23.4 Å². The zero-order valence-corrected chi connectivity index (χ0v) is 10.00. The second-order valence-electron chi connectivity index (χ2n) is 3.57. The highest BCUT2D eigenvalue weighted by atomic mass is 35.5. The van der Waals surface area contributed by atoms with Crippen LogP contribution in [0.2, 0.25) is 0 Å². The van der Waals surface area contributed by atoms with Gasteiger partial charge in [0.1, 0.15) is 5.75 Å². The summed E-state index contributed by atoms with van der Waals surface area (Å²) >= 11 is 5.72. The third-order valence-corrected chi connectivity index (χ3v) is 2.69. The Morgan fingerprint density at radius 1 is 1.41 bits per heavy atom. The maximum absolute atomic E-state index is 11.9. The number of hydrogen-bond donors (Lipinski definition) is 0. The van der Waals surface area contributed by atoms with Gasteiger partial charge in [-0.25, -0.2) is 4.79 Å². The van der Waals surface area contributed by atoms with Crippen LogP contribution in [0.1, 0.15) is 15.9 Å². The zero-order valence-electron chi connectivity index (χ0n) is 9.24. The van der Waals surface area contributed by atoms with Crippen LogP contribution < -0.4 is 4.74 Å². The van der Waals surface area contributed by atoms with Crippen molar-refractivity contribution in [3.05, 3.63) is 40.1 Å². The third kappa shape index (κ3) is 1.91. The number of fused-ring (bicyclic) bond motifs is 1. The van der Waals surface area contributed by atoms with E-state index >= 15 is 0 Å². The van der Waals surface area contributed by atoms with Gasteiger partial charge in [-0.15, -0.1) is 0 Å². The fourth-order valence-corrected chi connectivity index (χ4v) is 1.72. The molecule has 0 saturated heterocycles. The van der Waals surface area contributed by atoms with Crippen molar-refractivity contribution in [1.29, 1.82) is 0 Å². The van der Waals surface area contributed by atoms with Gasteiger partial charge in [0.05, 0.1) is 12.7 Å². The van der Waals surface area contributed by atoms with Crippen LogP contribution in [0.15, 0.2) is 29.0 Å². The van der Waals surface area contributed by atoms with Crippen LogP contribution in [-0.4, -0.2) is 18.9 Å². The molecule has 4 nitrogen and oxygen atoms in total. The molecule has 1 aromatic carbocycles. The Morgan fingerprint density at radius 3 is 2.76 bits per heavy atom. The smallest absolute Gasteiger partial charge is 0.353 e. The maximum atomic E-state index is 11.9. The van der Waals surface area contributed by atoms with Crippen LogP contribution in [0, 0.1) is 6.92 Å². The van der Waals surface area contributed by atoms with Crippen LogP contribution >= 0.6 is 11.6 Å².